The molecule has 4 N–H and O–H groups in total. The van der Waals surface area contributed by atoms with Gasteiger partial charge in [0, 0.05) is 29.8 Å². The number of aromatic nitrogens is 1. The number of nitrogens with two attached hydrogens (primary N) is 1. The first-order valence-electron chi connectivity index (χ1n) is 10.4. The van der Waals surface area contributed by atoms with Crippen LogP contribution in [0, 0.1) is 12.7 Å². The second kappa shape index (κ2) is 9.92. The van der Waals surface area contributed by atoms with Gasteiger partial charge in [0.15, 0.2) is 21.4 Å². The summed E-state index contributed by atoms with van der Waals surface area (Å²) in [4.78, 5) is 18.0. The molecule has 34 heavy (non-hydrogen) atoms. The van der Waals surface area contributed by atoms with Crippen molar-refractivity contribution in [3.05, 3.63) is 53.5 Å². The van der Waals surface area contributed by atoms with Crippen LogP contribution in [0.5, 0.6) is 5.75 Å². The molecule has 1 unspecified atom stereocenters. The van der Waals surface area contributed by atoms with Crippen LogP contribution in [0.2, 0.25) is 0 Å². The summed E-state index contributed by atoms with van der Waals surface area (Å²) in [5, 5.41) is 13.4. The first kappa shape index (κ1) is 25.3. The minimum atomic E-state index is -3.77. The molecular formula is C23H27FN4O5S. The summed E-state index contributed by atoms with van der Waals surface area (Å²) >= 11 is 0. The predicted octanol–water partition coefficient (Wildman–Crippen LogP) is 2.58. The van der Waals surface area contributed by atoms with Crippen LogP contribution in [-0.2, 0) is 9.84 Å². The van der Waals surface area contributed by atoms with Gasteiger partial charge in [0.1, 0.15) is 6.23 Å². The molecule has 0 fully saturated rings. The first-order chi connectivity index (χ1) is 15.9. The minimum absolute atomic E-state index is 0.0112. The Morgan fingerprint density at radius 1 is 1.29 bits per heavy atom. The normalized spacial score (nSPS) is 12.7. The lowest BCUT2D eigenvalue weighted by Gasteiger charge is -2.19. The van der Waals surface area contributed by atoms with Gasteiger partial charge in [-0.05, 0) is 50.8 Å². The van der Waals surface area contributed by atoms with Crippen LogP contribution in [0.25, 0.3) is 10.9 Å². The van der Waals surface area contributed by atoms with Gasteiger partial charge in [0.05, 0.1) is 34.5 Å². The number of halogens is 1. The number of sulfone groups is 1. The Balaban J connectivity index is 2.16. The maximum absolute atomic E-state index is 13.9. The number of hydrogen-bond donors (Lipinski definition) is 3. The van der Waals surface area contributed by atoms with Crippen molar-refractivity contribution in [2.75, 3.05) is 32.3 Å². The van der Waals surface area contributed by atoms with Gasteiger partial charge in [0.25, 0.3) is 5.91 Å². The number of carbonyl (C=O) groups excluding carboxylic acids is 1. The maximum Gasteiger partial charge on any atom is 0.252 e. The van der Waals surface area contributed by atoms with Crippen molar-refractivity contribution in [3.63, 3.8) is 0 Å². The number of nitrogens with zero attached hydrogens (tertiary/aromatic N) is 2. The number of primary amides is 1. The molecule has 0 aliphatic carbocycles. The van der Waals surface area contributed by atoms with E-state index in [2.05, 4.69) is 10.3 Å². The lowest BCUT2D eigenvalue weighted by molar-refractivity contribution is 0.0383. The van der Waals surface area contributed by atoms with Gasteiger partial charge in [-0.1, -0.05) is 0 Å². The van der Waals surface area contributed by atoms with E-state index in [1.807, 2.05) is 0 Å². The Morgan fingerprint density at radius 3 is 2.62 bits per heavy atom. The van der Waals surface area contributed by atoms with Crippen LogP contribution in [0.4, 0.5) is 15.8 Å². The molecule has 2 aromatic carbocycles. The van der Waals surface area contributed by atoms with Crippen molar-refractivity contribution in [2.45, 2.75) is 24.5 Å². The van der Waals surface area contributed by atoms with Crippen LogP contribution in [-0.4, -0.2) is 62.5 Å². The molecule has 9 nitrogen and oxygen atoms in total. The van der Waals surface area contributed by atoms with E-state index < -0.39 is 27.8 Å². The van der Waals surface area contributed by atoms with Gasteiger partial charge in [-0.2, -0.15) is 0 Å². The van der Waals surface area contributed by atoms with Crippen molar-refractivity contribution in [1.82, 2.24) is 9.88 Å². The summed E-state index contributed by atoms with van der Waals surface area (Å²) in [5.74, 6) is -1.63. The number of aliphatic hydroxyl groups excluding tert-OH is 1. The predicted molar refractivity (Wildman–Crippen MR) is 128 cm³/mol. The number of fused-ring (bicyclic) bond motifs is 1. The van der Waals surface area contributed by atoms with Crippen molar-refractivity contribution in [2.24, 2.45) is 5.73 Å². The number of rotatable bonds is 9. The molecule has 0 bridgehead atoms. The zero-order valence-electron chi connectivity index (χ0n) is 19.3. The second-order valence-electron chi connectivity index (χ2n) is 8.07. The van der Waals surface area contributed by atoms with E-state index in [9.17, 15) is 22.7 Å². The van der Waals surface area contributed by atoms with Gasteiger partial charge < -0.3 is 20.9 Å². The lowest BCUT2D eigenvalue weighted by Crippen LogP contribution is -2.29. The molecule has 3 rings (SSSR count). The van der Waals surface area contributed by atoms with Gasteiger partial charge in [0.2, 0.25) is 0 Å². The molecule has 0 aliphatic rings. The highest BCUT2D eigenvalue weighted by atomic mass is 32.2. The monoisotopic (exact) mass is 490 g/mol. The van der Waals surface area contributed by atoms with Crippen LogP contribution in [0.3, 0.4) is 0 Å². The third-order valence-electron chi connectivity index (χ3n) is 5.42. The highest BCUT2D eigenvalue weighted by Crippen LogP contribution is 2.34. The average molecular weight is 491 g/mol. The van der Waals surface area contributed by atoms with E-state index >= 15 is 0 Å². The molecule has 1 heterocycles. The molecule has 0 spiro atoms. The van der Waals surface area contributed by atoms with Crippen molar-refractivity contribution in [1.29, 1.82) is 0 Å². The largest absolute Gasteiger partial charge is 0.494 e. The number of amides is 1. The molecular weight excluding hydrogens is 463 g/mol. The number of aliphatic hydroxyl groups is 1. The van der Waals surface area contributed by atoms with E-state index in [0.29, 0.717) is 22.2 Å². The van der Waals surface area contributed by atoms with Gasteiger partial charge in [-0.25, -0.2) is 12.8 Å². The van der Waals surface area contributed by atoms with Gasteiger partial charge in [-0.3, -0.25) is 14.7 Å². The average Bonchev–Trinajstić information content (AvgIpc) is 2.78. The zero-order valence-corrected chi connectivity index (χ0v) is 20.1. The maximum atomic E-state index is 13.9. The molecule has 0 saturated heterocycles. The quantitative estimate of drug-likeness (QED) is 0.390. The van der Waals surface area contributed by atoms with E-state index in [0.717, 1.165) is 0 Å². The fourth-order valence-electron chi connectivity index (χ4n) is 3.47. The third-order valence-corrected chi connectivity index (χ3v) is 7.15. The second-order valence-corrected chi connectivity index (χ2v) is 10.2. The molecule has 1 amide bonds. The number of carbonyl (C=O) groups is 1. The van der Waals surface area contributed by atoms with Crippen LogP contribution in [0.1, 0.15) is 22.3 Å². The van der Waals surface area contributed by atoms with E-state index in [1.165, 1.54) is 48.5 Å². The van der Waals surface area contributed by atoms with Crippen molar-refractivity contribution >= 4 is 38.0 Å². The molecule has 1 atom stereocenters. The summed E-state index contributed by atoms with van der Waals surface area (Å²) < 4.78 is 45.0. The van der Waals surface area contributed by atoms with E-state index in [1.54, 1.807) is 21.0 Å². The Kier molecular flexibility index (Phi) is 7.39. The summed E-state index contributed by atoms with van der Waals surface area (Å²) in [7, 11) is 0.856. The van der Waals surface area contributed by atoms with Gasteiger partial charge in [-0.15, -0.1) is 0 Å². The molecule has 11 heteroatoms. The Bertz CT molecular complexity index is 1340. The molecule has 0 radical (unpaired) electrons. The summed E-state index contributed by atoms with van der Waals surface area (Å²) in [6.45, 7) is 1.71. The highest BCUT2D eigenvalue weighted by molar-refractivity contribution is 7.91. The number of anilines is 2. The van der Waals surface area contributed by atoms with Crippen molar-refractivity contribution < 1.29 is 27.4 Å². The Morgan fingerprint density at radius 2 is 2.00 bits per heavy atom. The zero-order chi connectivity index (χ0) is 25.2. The van der Waals surface area contributed by atoms with Crippen LogP contribution >= 0.6 is 0 Å². The van der Waals surface area contributed by atoms with Gasteiger partial charge >= 0.3 is 0 Å². The van der Waals surface area contributed by atoms with Crippen molar-refractivity contribution in [3.8, 4) is 5.75 Å². The number of pyridine rings is 1. The smallest absolute Gasteiger partial charge is 0.252 e. The minimum Gasteiger partial charge on any atom is -0.494 e. The fraction of sp³-hybridized carbons (Fsp3) is 0.304. The van der Waals surface area contributed by atoms with E-state index in [4.69, 9.17) is 10.5 Å². The molecule has 0 saturated carbocycles. The Hall–Kier alpha value is -3.28. The van der Waals surface area contributed by atoms with E-state index in [-0.39, 0.29) is 34.1 Å². The number of aryl methyl sites for hydroxylation is 1. The first-order valence-corrected chi connectivity index (χ1v) is 12.0. The standard InChI is InChI=1S/C23H27FN4O5S/c1-13-9-15(34(31,32)8-7-20(29)28(2)3)11-16-21(13)26-12-17(23(25)30)22(16)27-14-5-6-18(24)19(10-14)33-4/h5-6,9-12,20,29H,7-8H2,1-4H3,(H2,25,30)(H,26,27). The molecule has 182 valence electrons. The third kappa shape index (κ3) is 5.27. The molecule has 0 aliphatic heterocycles. The molecule has 3 aromatic rings. The number of benzene rings is 2. The lowest BCUT2D eigenvalue weighted by atomic mass is 10.1. The topological polar surface area (TPSA) is 135 Å². The number of nitrogens with one attached hydrogen (secondary N) is 1. The SMILES string of the molecule is COc1cc(Nc2c(C(N)=O)cnc3c(C)cc(S(=O)(=O)CCC(O)N(C)C)cc23)ccc1F. The summed E-state index contributed by atoms with van der Waals surface area (Å²) in [5.41, 5.74) is 7.26. The van der Waals surface area contributed by atoms with Crippen LogP contribution < -0.4 is 15.8 Å². The summed E-state index contributed by atoms with van der Waals surface area (Å²) in [6, 6.07) is 6.97. The Labute approximate surface area is 197 Å². The summed E-state index contributed by atoms with van der Waals surface area (Å²) in [6.07, 6.45) is 0.416. The molecule has 1 aromatic heterocycles. The number of methoxy groups -OCH3 is 1. The number of hydrogen-bond acceptors (Lipinski definition) is 8. The van der Waals surface area contributed by atoms with Crippen LogP contribution in [0.15, 0.2) is 41.4 Å². The number of ether oxygens (including phenoxy) is 1. The fourth-order valence-corrected chi connectivity index (χ4v) is 4.88. The highest BCUT2D eigenvalue weighted by Gasteiger charge is 2.22.